The summed E-state index contributed by atoms with van der Waals surface area (Å²) in [5.41, 5.74) is 5.77. The van der Waals surface area contributed by atoms with Gasteiger partial charge in [0.05, 0.1) is 11.3 Å². The van der Waals surface area contributed by atoms with E-state index in [1.54, 1.807) is 24.3 Å². The fraction of sp³-hybridized carbons (Fsp3) is 0.192. The van der Waals surface area contributed by atoms with Gasteiger partial charge < -0.3 is 21.3 Å². The van der Waals surface area contributed by atoms with Crippen LogP contribution in [0.25, 0.3) is 11.1 Å². The Hall–Kier alpha value is -4.41. The van der Waals surface area contributed by atoms with Crippen LogP contribution in [0, 0.1) is 5.82 Å². The number of urea groups is 1. The number of amides is 4. The Balaban J connectivity index is 1.46. The maximum Gasteiger partial charge on any atom is 0.416 e. The standard InChI is InChI=1S/C26H22F4N4O3/c27-20-14-15(18-4-1-2-5-19(18)23(31)35)7-12-22(20)34-13-3-6-21(24(34)36)33-25(37)32-17-10-8-16(9-11-17)26(28,29)30/h1-2,4-5,7-12,14,21H,3,6,13H2,(H2,31,35)(H2,32,33,37). The summed E-state index contributed by atoms with van der Waals surface area (Å²) >= 11 is 0. The number of benzene rings is 3. The number of nitrogens with one attached hydrogen (secondary N) is 2. The minimum atomic E-state index is -4.50. The van der Waals surface area contributed by atoms with E-state index in [1.165, 1.54) is 23.1 Å². The summed E-state index contributed by atoms with van der Waals surface area (Å²) in [6.45, 7) is 0.228. The summed E-state index contributed by atoms with van der Waals surface area (Å²) in [5, 5.41) is 4.90. The first-order valence-corrected chi connectivity index (χ1v) is 11.3. The Morgan fingerprint density at radius 2 is 1.70 bits per heavy atom. The fourth-order valence-electron chi connectivity index (χ4n) is 4.16. The van der Waals surface area contributed by atoms with Crippen molar-refractivity contribution in [3.05, 3.63) is 83.7 Å². The Morgan fingerprint density at radius 1 is 1.00 bits per heavy atom. The molecule has 0 aliphatic carbocycles. The van der Waals surface area contributed by atoms with Crippen molar-refractivity contribution in [3.63, 3.8) is 0 Å². The van der Waals surface area contributed by atoms with Crippen molar-refractivity contribution in [3.8, 4) is 11.1 Å². The molecule has 37 heavy (non-hydrogen) atoms. The molecule has 192 valence electrons. The summed E-state index contributed by atoms with van der Waals surface area (Å²) < 4.78 is 53.3. The Kier molecular flexibility index (Phi) is 7.14. The molecule has 3 aromatic carbocycles. The Labute approximate surface area is 209 Å². The van der Waals surface area contributed by atoms with Gasteiger partial charge in [0.15, 0.2) is 0 Å². The van der Waals surface area contributed by atoms with E-state index in [-0.39, 0.29) is 23.5 Å². The predicted molar refractivity (Wildman–Crippen MR) is 129 cm³/mol. The lowest BCUT2D eigenvalue weighted by Gasteiger charge is -2.33. The highest BCUT2D eigenvalue weighted by Crippen LogP contribution is 2.31. The first-order valence-electron chi connectivity index (χ1n) is 11.3. The Bertz CT molecular complexity index is 1340. The van der Waals surface area contributed by atoms with Crippen LogP contribution < -0.4 is 21.3 Å². The second-order valence-electron chi connectivity index (χ2n) is 8.43. The zero-order valence-electron chi connectivity index (χ0n) is 19.3. The van der Waals surface area contributed by atoms with Gasteiger partial charge >= 0.3 is 12.2 Å². The third-order valence-corrected chi connectivity index (χ3v) is 5.96. The van der Waals surface area contributed by atoms with E-state index in [4.69, 9.17) is 5.73 Å². The quantitative estimate of drug-likeness (QED) is 0.421. The number of alkyl halides is 3. The lowest BCUT2D eigenvalue weighted by Crippen LogP contribution is -2.53. The largest absolute Gasteiger partial charge is 0.416 e. The van der Waals surface area contributed by atoms with Gasteiger partial charge in [0.2, 0.25) is 11.8 Å². The number of carbonyl (C=O) groups is 3. The summed E-state index contributed by atoms with van der Waals surface area (Å²) in [5.74, 6) is -1.88. The van der Waals surface area contributed by atoms with Crippen molar-refractivity contribution in [2.45, 2.75) is 25.1 Å². The molecular weight excluding hydrogens is 492 g/mol. The third kappa shape index (κ3) is 5.71. The van der Waals surface area contributed by atoms with Crippen molar-refractivity contribution in [1.82, 2.24) is 5.32 Å². The van der Waals surface area contributed by atoms with Crippen LogP contribution in [0.1, 0.15) is 28.8 Å². The molecular formula is C26H22F4N4O3. The second kappa shape index (κ2) is 10.3. The molecule has 1 unspecified atom stereocenters. The van der Waals surface area contributed by atoms with Crippen LogP contribution in [0.5, 0.6) is 0 Å². The predicted octanol–water partition coefficient (Wildman–Crippen LogP) is 4.93. The molecule has 11 heteroatoms. The molecule has 0 radical (unpaired) electrons. The molecule has 1 heterocycles. The Morgan fingerprint density at radius 3 is 2.35 bits per heavy atom. The number of nitrogens with two attached hydrogens (primary N) is 1. The molecule has 1 aliphatic heterocycles. The molecule has 4 N–H and O–H groups in total. The number of primary amides is 1. The first kappa shape index (κ1) is 25.7. The summed E-state index contributed by atoms with van der Waals surface area (Å²) in [4.78, 5) is 38.4. The highest BCUT2D eigenvalue weighted by atomic mass is 19.4. The molecule has 0 bridgehead atoms. The van der Waals surface area contributed by atoms with Crippen LogP contribution >= 0.6 is 0 Å². The number of rotatable bonds is 5. The lowest BCUT2D eigenvalue weighted by molar-refractivity contribution is -0.137. The molecule has 4 amide bonds. The smallest absolute Gasteiger partial charge is 0.366 e. The van der Waals surface area contributed by atoms with Gasteiger partial charge in [0.25, 0.3) is 0 Å². The highest BCUT2D eigenvalue weighted by molar-refractivity contribution is 6.02. The van der Waals surface area contributed by atoms with Crippen molar-refractivity contribution in [1.29, 1.82) is 0 Å². The molecule has 0 spiro atoms. The van der Waals surface area contributed by atoms with Gasteiger partial charge in [-0.3, -0.25) is 9.59 Å². The molecule has 1 fully saturated rings. The molecule has 7 nitrogen and oxygen atoms in total. The number of nitrogens with zero attached hydrogens (tertiary/aromatic N) is 1. The maximum absolute atomic E-state index is 15.1. The highest BCUT2D eigenvalue weighted by Gasteiger charge is 2.33. The minimum absolute atomic E-state index is 0.0138. The fourth-order valence-corrected chi connectivity index (χ4v) is 4.16. The van der Waals surface area contributed by atoms with Crippen molar-refractivity contribution in [2.24, 2.45) is 5.73 Å². The number of anilines is 2. The number of piperidine rings is 1. The average molecular weight is 514 g/mol. The topological polar surface area (TPSA) is 105 Å². The van der Waals surface area contributed by atoms with Crippen LogP contribution in [0.4, 0.5) is 33.7 Å². The van der Waals surface area contributed by atoms with Gasteiger partial charge in [0, 0.05) is 17.8 Å². The van der Waals surface area contributed by atoms with E-state index in [1.807, 2.05) is 0 Å². The molecule has 3 aromatic rings. The van der Waals surface area contributed by atoms with Crippen LogP contribution in [0.15, 0.2) is 66.7 Å². The first-order chi connectivity index (χ1) is 17.5. The zero-order chi connectivity index (χ0) is 26.7. The van der Waals surface area contributed by atoms with E-state index < -0.39 is 41.4 Å². The van der Waals surface area contributed by atoms with Crippen LogP contribution in [-0.2, 0) is 11.0 Å². The van der Waals surface area contributed by atoms with Gasteiger partial charge in [-0.05, 0) is 66.4 Å². The zero-order valence-corrected chi connectivity index (χ0v) is 19.3. The molecule has 4 rings (SSSR count). The molecule has 1 atom stereocenters. The number of hydrogen-bond acceptors (Lipinski definition) is 3. The molecule has 0 saturated carbocycles. The second-order valence-corrected chi connectivity index (χ2v) is 8.43. The summed E-state index contributed by atoms with van der Waals surface area (Å²) in [6.07, 6.45) is -3.72. The summed E-state index contributed by atoms with van der Waals surface area (Å²) in [7, 11) is 0. The normalized spacial score (nSPS) is 15.8. The van der Waals surface area contributed by atoms with E-state index >= 15 is 4.39 Å². The number of carbonyl (C=O) groups excluding carboxylic acids is 3. The number of hydrogen-bond donors (Lipinski definition) is 3. The van der Waals surface area contributed by atoms with Gasteiger partial charge in [-0.15, -0.1) is 0 Å². The van der Waals surface area contributed by atoms with E-state index in [0.717, 1.165) is 24.3 Å². The molecule has 0 aromatic heterocycles. The lowest BCUT2D eigenvalue weighted by atomic mass is 9.98. The van der Waals surface area contributed by atoms with Crippen LogP contribution in [-0.4, -0.2) is 30.4 Å². The average Bonchev–Trinajstić information content (AvgIpc) is 2.85. The van der Waals surface area contributed by atoms with Crippen molar-refractivity contribution in [2.75, 3.05) is 16.8 Å². The number of halogens is 4. The van der Waals surface area contributed by atoms with Gasteiger partial charge in [-0.25, -0.2) is 9.18 Å². The van der Waals surface area contributed by atoms with Crippen molar-refractivity contribution < 1.29 is 31.9 Å². The van der Waals surface area contributed by atoms with Crippen LogP contribution in [0.2, 0.25) is 0 Å². The SMILES string of the molecule is NC(=O)c1ccccc1-c1ccc(N2CCCC(NC(=O)Nc3ccc(C(F)(F)F)cc3)C2=O)c(F)c1. The molecule has 1 saturated heterocycles. The van der Waals surface area contributed by atoms with E-state index in [0.29, 0.717) is 24.0 Å². The summed E-state index contributed by atoms with van der Waals surface area (Å²) in [6, 6.07) is 12.8. The van der Waals surface area contributed by atoms with E-state index in [9.17, 15) is 27.6 Å². The van der Waals surface area contributed by atoms with Gasteiger partial charge in [0.1, 0.15) is 11.9 Å². The minimum Gasteiger partial charge on any atom is -0.366 e. The monoisotopic (exact) mass is 514 g/mol. The van der Waals surface area contributed by atoms with Crippen LogP contribution in [0.3, 0.4) is 0 Å². The van der Waals surface area contributed by atoms with Crippen molar-refractivity contribution >= 4 is 29.2 Å². The van der Waals surface area contributed by atoms with E-state index in [2.05, 4.69) is 10.6 Å². The maximum atomic E-state index is 15.1. The van der Waals surface area contributed by atoms with Gasteiger partial charge in [-0.1, -0.05) is 24.3 Å². The van der Waals surface area contributed by atoms with Gasteiger partial charge in [-0.2, -0.15) is 13.2 Å². The molecule has 1 aliphatic rings. The third-order valence-electron chi connectivity index (χ3n) is 5.96.